The number of nitrogens with one attached hydrogen (secondary N) is 1. The maximum absolute atomic E-state index is 12.9. The molecule has 8 heteroatoms. The molecule has 0 aromatic heterocycles. The third kappa shape index (κ3) is 5.64. The molecule has 1 unspecified atom stereocenters. The van der Waals surface area contributed by atoms with Crippen molar-refractivity contribution in [2.75, 3.05) is 13.1 Å². The fraction of sp³-hybridized carbons (Fsp3) is 0.556. The Morgan fingerprint density at radius 3 is 2.62 bits per heavy atom. The SMILES string of the molecule is CC(C)(C)OC(=O)N1CCC(=O)NCC1Cc1cccc(C(F)(F)F)c1. The summed E-state index contributed by atoms with van der Waals surface area (Å²) in [4.78, 5) is 25.6. The zero-order valence-corrected chi connectivity index (χ0v) is 15.0. The Bertz CT molecular complexity index is 668. The average Bonchev–Trinajstić information content (AvgIpc) is 2.67. The number of benzene rings is 1. The van der Waals surface area contributed by atoms with Gasteiger partial charge in [-0.25, -0.2) is 4.79 Å². The smallest absolute Gasteiger partial charge is 0.416 e. The molecule has 0 aliphatic carbocycles. The summed E-state index contributed by atoms with van der Waals surface area (Å²) in [5.41, 5.74) is -1.01. The molecule has 1 saturated heterocycles. The fourth-order valence-corrected chi connectivity index (χ4v) is 2.72. The normalized spacial score (nSPS) is 18.9. The van der Waals surface area contributed by atoms with Gasteiger partial charge in [-0.1, -0.05) is 18.2 Å². The molecule has 144 valence electrons. The van der Waals surface area contributed by atoms with Crippen LogP contribution < -0.4 is 5.32 Å². The van der Waals surface area contributed by atoms with Gasteiger partial charge in [-0.05, 0) is 38.8 Å². The van der Waals surface area contributed by atoms with Crippen LogP contribution in [0.25, 0.3) is 0 Å². The van der Waals surface area contributed by atoms with Crippen molar-refractivity contribution in [2.45, 2.75) is 51.4 Å². The lowest BCUT2D eigenvalue weighted by atomic mass is 10.0. The lowest BCUT2D eigenvalue weighted by Crippen LogP contribution is -2.47. The van der Waals surface area contributed by atoms with Crippen molar-refractivity contribution in [2.24, 2.45) is 0 Å². The highest BCUT2D eigenvalue weighted by Crippen LogP contribution is 2.30. The number of rotatable bonds is 2. The van der Waals surface area contributed by atoms with Crippen molar-refractivity contribution >= 4 is 12.0 Å². The summed E-state index contributed by atoms with van der Waals surface area (Å²) in [6.45, 7) is 5.51. The average molecular weight is 372 g/mol. The molecule has 1 aromatic rings. The Balaban J connectivity index is 2.22. The van der Waals surface area contributed by atoms with Gasteiger partial charge in [-0.3, -0.25) is 4.79 Å². The van der Waals surface area contributed by atoms with Crippen LogP contribution in [-0.4, -0.2) is 41.6 Å². The third-order valence-corrected chi connectivity index (χ3v) is 3.91. The van der Waals surface area contributed by atoms with Crippen LogP contribution in [0.1, 0.15) is 38.3 Å². The summed E-state index contributed by atoms with van der Waals surface area (Å²) < 4.78 is 44.1. The van der Waals surface area contributed by atoms with E-state index in [1.165, 1.54) is 11.0 Å². The lowest BCUT2D eigenvalue weighted by Gasteiger charge is -2.32. The van der Waals surface area contributed by atoms with Crippen LogP contribution in [0.5, 0.6) is 0 Å². The summed E-state index contributed by atoms with van der Waals surface area (Å²) >= 11 is 0. The number of halogens is 3. The Labute approximate surface area is 150 Å². The van der Waals surface area contributed by atoms with E-state index in [-0.39, 0.29) is 31.8 Å². The number of carbonyl (C=O) groups is 2. The first-order chi connectivity index (χ1) is 12.0. The van der Waals surface area contributed by atoms with Gasteiger partial charge in [-0.2, -0.15) is 13.2 Å². The lowest BCUT2D eigenvalue weighted by molar-refractivity contribution is -0.137. The molecule has 0 radical (unpaired) electrons. The predicted octanol–water partition coefficient (Wildman–Crippen LogP) is 3.37. The molecule has 0 saturated carbocycles. The minimum atomic E-state index is -4.43. The molecule has 1 atom stereocenters. The van der Waals surface area contributed by atoms with E-state index in [4.69, 9.17) is 4.74 Å². The van der Waals surface area contributed by atoms with Gasteiger partial charge in [0.2, 0.25) is 5.91 Å². The Kier molecular flexibility index (Phi) is 5.83. The minimum Gasteiger partial charge on any atom is -0.444 e. The van der Waals surface area contributed by atoms with Crippen molar-refractivity contribution in [3.8, 4) is 0 Å². The van der Waals surface area contributed by atoms with Crippen LogP contribution in [0.4, 0.5) is 18.0 Å². The summed E-state index contributed by atoms with van der Waals surface area (Å²) in [6.07, 6.45) is -4.70. The Morgan fingerprint density at radius 1 is 1.31 bits per heavy atom. The molecule has 1 aromatic carbocycles. The molecule has 1 aliphatic rings. The molecule has 1 fully saturated rings. The second-order valence-corrected chi connectivity index (χ2v) is 7.28. The molecule has 1 N–H and O–H groups in total. The molecule has 26 heavy (non-hydrogen) atoms. The van der Waals surface area contributed by atoms with E-state index >= 15 is 0 Å². The molecule has 1 aliphatic heterocycles. The van der Waals surface area contributed by atoms with Crippen LogP contribution in [0.3, 0.4) is 0 Å². The second-order valence-electron chi connectivity index (χ2n) is 7.28. The first-order valence-corrected chi connectivity index (χ1v) is 8.38. The molecule has 5 nitrogen and oxygen atoms in total. The molecular formula is C18H23F3N2O3. The van der Waals surface area contributed by atoms with Crippen molar-refractivity contribution < 1.29 is 27.5 Å². The zero-order valence-electron chi connectivity index (χ0n) is 15.0. The third-order valence-electron chi connectivity index (χ3n) is 3.91. The van der Waals surface area contributed by atoms with Crippen LogP contribution in [0.2, 0.25) is 0 Å². The number of alkyl halides is 3. The van der Waals surface area contributed by atoms with Crippen molar-refractivity contribution in [3.63, 3.8) is 0 Å². The summed E-state index contributed by atoms with van der Waals surface area (Å²) in [7, 11) is 0. The highest BCUT2D eigenvalue weighted by molar-refractivity contribution is 5.78. The van der Waals surface area contributed by atoms with Gasteiger partial charge in [0.05, 0.1) is 11.6 Å². The van der Waals surface area contributed by atoms with Gasteiger partial charge in [0, 0.05) is 19.5 Å². The number of nitrogens with zero attached hydrogens (tertiary/aromatic N) is 1. The predicted molar refractivity (Wildman–Crippen MR) is 89.5 cm³/mol. The minimum absolute atomic E-state index is 0.123. The van der Waals surface area contributed by atoms with Gasteiger partial charge >= 0.3 is 12.3 Å². The van der Waals surface area contributed by atoms with Crippen LogP contribution >= 0.6 is 0 Å². The summed E-state index contributed by atoms with van der Waals surface area (Å²) in [5, 5.41) is 2.70. The van der Waals surface area contributed by atoms with E-state index in [1.54, 1.807) is 26.8 Å². The van der Waals surface area contributed by atoms with Crippen LogP contribution in [0, 0.1) is 0 Å². The van der Waals surface area contributed by atoms with E-state index in [0.29, 0.717) is 5.56 Å². The number of hydrogen-bond donors (Lipinski definition) is 1. The molecular weight excluding hydrogens is 349 g/mol. The Hall–Kier alpha value is -2.25. The first-order valence-electron chi connectivity index (χ1n) is 8.38. The van der Waals surface area contributed by atoms with Crippen molar-refractivity contribution in [1.82, 2.24) is 10.2 Å². The van der Waals surface area contributed by atoms with E-state index in [9.17, 15) is 22.8 Å². The van der Waals surface area contributed by atoms with Gasteiger partial charge in [0.25, 0.3) is 0 Å². The standard InChI is InChI=1S/C18H23F3N2O3/c1-17(2,3)26-16(25)23-8-7-15(24)22-11-14(23)10-12-5-4-6-13(9-12)18(19,20)21/h4-6,9,14H,7-8,10-11H2,1-3H3,(H,22,24). The number of hydrogen-bond acceptors (Lipinski definition) is 3. The van der Waals surface area contributed by atoms with Gasteiger partial charge in [0.1, 0.15) is 5.60 Å². The molecule has 2 amide bonds. The van der Waals surface area contributed by atoms with E-state index in [0.717, 1.165) is 12.1 Å². The maximum atomic E-state index is 12.9. The fourth-order valence-electron chi connectivity index (χ4n) is 2.72. The molecule has 0 bridgehead atoms. The highest BCUT2D eigenvalue weighted by atomic mass is 19.4. The van der Waals surface area contributed by atoms with E-state index < -0.39 is 29.5 Å². The van der Waals surface area contributed by atoms with Crippen molar-refractivity contribution in [1.29, 1.82) is 0 Å². The van der Waals surface area contributed by atoms with E-state index in [2.05, 4.69) is 5.32 Å². The maximum Gasteiger partial charge on any atom is 0.416 e. The topological polar surface area (TPSA) is 58.6 Å². The number of carbonyl (C=O) groups excluding carboxylic acids is 2. The largest absolute Gasteiger partial charge is 0.444 e. The Morgan fingerprint density at radius 2 is 2.00 bits per heavy atom. The monoisotopic (exact) mass is 372 g/mol. The van der Waals surface area contributed by atoms with Gasteiger partial charge in [-0.15, -0.1) is 0 Å². The second kappa shape index (κ2) is 7.55. The molecule has 0 spiro atoms. The van der Waals surface area contributed by atoms with Crippen LogP contribution in [0.15, 0.2) is 24.3 Å². The van der Waals surface area contributed by atoms with Crippen LogP contribution in [-0.2, 0) is 22.1 Å². The molecule has 1 heterocycles. The number of ether oxygens (including phenoxy) is 1. The summed E-state index contributed by atoms with van der Waals surface area (Å²) in [6, 6.07) is 4.50. The van der Waals surface area contributed by atoms with Gasteiger partial charge in [0.15, 0.2) is 0 Å². The first kappa shape index (κ1) is 20.1. The van der Waals surface area contributed by atoms with Crippen molar-refractivity contribution in [3.05, 3.63) is 35.4 Å². The van der Waals surface area contributed by atoms with Gasteiger partial charge < -0.3 is 15.0 Å². The summed E-state index contributed by atoms with van der Waals surface area (Å²) in [5.74, 6) is -0.204. The zero-order chi connectivity index (χ0) is 19.5. The quantitative estimate of drug-likeness (QED) is 0.866. The van der Waals surface area contributed by atoms with E-state index in [1.807, 2.05) is 0 Å². The molecule has 2 rings (SSSR count). The highest BCUT2D eigenvalue weighted by Gasteiger charge is 2.33. The number of amides is 2.